The Morgan fingerprint density at radius 3 is 2.88 bits per heavy atom. The van der Waals surface area contributed by atoms with Gasteiger partial charge < -0.3 is 10.1 Å². The van der Waals surface area contributed by atoms with E-state index in [0.717, 1.165) is 18.7 Å². The molecule has 1 aliphatic rings. The Bertz CT molecular complexity index is 996. The van der Waals surface area contributed by atoms with Gasteiger partial charge in [-0.1, -0.05) is 18.2 Å². The summed E-state index contributed by atoms with van der Waals surface area (Å²) in [6.45, 7) is 0.585. The van der Waals surface area contributed by atoms with E-state index in [2.05, 4.69) is 10.3 Å². The number of aromatic nitrogens is 2. The van der Waals surface area contributed by atoms with Crippen LogP contribution in [0.2, 0.25) is 0 Å². The van der Waals surface area contributed by atoms with E-state index in [4.69, 9.17) is 4.74 Å². The fourth-order valence-electron chi connectivity index (χ4n) is 3.02. The van der Waals surface area contributed by atoms with Crippen molar-refractivity contribution in [1.29, 1.82) is 0 Å². The maximum absolute atomic E-state index is 12.5. The largest absolute Gasteiger partial charge is 0.484 e. The minimum atomic E-state index is -0.255. The molecule has 0 bridgehead atoms. The topological polar surface area (TPSA) is 73.2 Å². The van der Waals surface area contributed by atoms with Crippen LogP contribution in [0.5, 0.6) is 5.75 Å². The Kier molecular flexibility index (Phi) is 3.93. The van der Waals surface area contributed by atoms with Crippen LogP contribution in [0.4, 0.5) is 5.69 Å². The van der Waals surface area contributed by atoms with Crippen molar-refractivity contribution in [3.8, 4) is 5.75 Å². The van der Waals surface area contributed by atoms with Crippen LogP contribution in [0.15, 0.2) is 53.3 Å². The third-order valence-electron chi connectivity index (χ3n) is 4.21. The predicted octanol–water partition coefficient (Wildman–Crippen LogP) is 2.36. The fourth-order valence-corrected chi connectivity index (χ4v) is 3.02. The van der Waals surface area contributed by atoms with Crippen molar-refractivity contribution >= 4 is 22.5 Å². The second-order valence-electron chi connectivity index (χ2n) is 5.97. The first kappa shape index (κ1) is 15.4. The van der Waals surface area contributed by atoms with Gasteiger partial charge in [0.2, 0.25) is 0 Å². The second kappa shape index (κ2) is 6.39. The van der Waals surface area contributed by atoms with E-state index in [1.807, 2.05) is 18.2 Å². The molecular weight excluding hydrogens is 318 g/mol. The quantitative estimate of drug-likeness (QED) is 0.794. The van der Waals surface area contributed by atoms with Crippen molar-refractivity contribution in [3.05, 3.63) is 64.7 Å². The molecule has 6 heteroatoms. The molecule has 1 aromatic heterocycles. The number of hydrogen-bond donors (Lipinski definition) is 1. The van der Waals surface area contributed by atoms with Crippen molar-refractivity contribution in [2.75, 3.05) is 11.9 Å². The first-order valence-electron chi connectivity index (χ1n) is 8.22. The van der Waals surface area contributed by atoms with Gasteiger partial charge in [0.1, 0.15) is 11.6 Å². The average molecular weight is 335 g/mol. The molecule has 1 N–H and O–H groups in total. The number of aryl methyl sites for hydroxylation is 1. The first-order valence-corrected chi connectivity index (χ1v) is 8.22. The Labute approximate surface area is 144 Å². The third-order valence-corrected chi connectivity index (χ3v) is 4.21. The molecule has 25 heavy (non-hydrogen) atoms. The van der Waals surface area contributed by atoms with Crippen molar-refractivity contribution in [3.63, 3.8) is 0 Å². The van der Waals surface area contributed by atoms with Crippen LogP contribution < -0.4 is 15.6 Å². The zero-order chi connectivity index (χ0) is 17.2. The first-order chi connectivity index (χ1) is 12.2. The highest BCUT2D eigenvalue weighted by molar-refractivity contribution is 5.91. The van der Waals surface area contributed by atoms with Crippen LogP contribution in [0.3, 0.4) is 0 Å². The molecule has 0 unspecified atom stereocenters. The van der Waals surface area contributed by atoms with Crippen molar-refractivity contribution in [1.82, 2.24) is 9.55 Å². The summed E-state index contributed by atoms with van der Waals surface area (Å²) in [5.41, 5.74) is 1.34. The lowest BCUT2D eigenvalue weighted by molar-refractivity contribution is -0.118. The average Bonchev–Trinajstić information content (AvgIpc) is 3.10. The molecule has 0 fully saturated rings. The molecule has 1 aliphatic heterocycles. The van der Waals surface area contributed by atoms with Gasteiger partial charge >= 0.3 is 0 Å². The number of amides is 1. The summed E-state index contributed by atoms with van der Waals surface area (Å²) >= 11 is 0. The highest BCUT2D eigenvalue weighted by Crippen LogP contribution is 2.19. The molecule has 126 valence electrons. The molecule has 0 aliphatic carbocycles. The second-order valence-corrected chi connectivity index (χ2v) is 5.97. The summed E-state index contributed by atoms with van der Waals surface area (Å²) in [4.78, 5) is 29.0. The molecule has 0 saturated carbocycles. The van der Waals surface area contributed by atoms with Crippen LogP contribution in [-0.4, -0.2) is 22.1 Å². The number of rotatable bonds is 4. The van der Waals surface area contributed by atoms with Crippen LogP contribution in [0.25, 0.3) is 10.9 Å². The number of nitrogens with one attached hydrogen (secondary N) is 1. The lowest BCUT2D eigenvalue weighted by Crippen LogP contribution is -2.21. The van der Waals surface area contributed by atoms with E-state index in [9.17, 15) is 9.59 Å². The fraction of sp³-hybridized carbons (Fsp3) is 0.211. The zero-order valence-electron chi connectivity index (χ0n) is 13.6. The summed E-state index contributed by atoms with van der Waals surface area (Å²) in [6, 6.07) is 14.3. The molecule has 2 aromatic carbocycles. The highest BCUT2D eigenvalue weighted by Gasteiger charge is 2.16. The van der Waals surface area contributed by atoms with Gasteiger partial charge in [0.15, 0.2) is 6.61 Å². The Hall–Kier alpha value is -3.15. The number of carbonyl (C=O) groups excluding carboxylic acids is 1. The summed E-state index contributed by atoms with van der Waals surface area (Å²) < 4.78 is 7.25. The molecule has 0 atom stereocenters. The van der Waals surface area contributed by atoms with Gasteiger partial charge in [0, 0.05) is 18.7 Å². The minimum Gasteiger partial charge on any atom is -0.484 e. The van der Waals surface area contributed by atoms with E-state index in [1.165, 1.54) is 0 Å². The number of para-hydroxylation sites is 1. The maximum atomic E-state index is 12.5. The van der Waals surface area contributed by atoms with Gasteiger partial charge in [0.25, 0.3) is 11.5 Å². The monoisotopic (exact) mass is 335 g/mol. The Morgan fingerprint density at radius 1 is 1.20 bits per heavy atom. The van der Waals surface area contributed by atoms with E-state index >= 15 is 0 Å². The van der Waals surface area contributed by atoms with Crippen LogP contribution in [-0.2, 0) is 17.8 Å². The number of benzene rings is 2. The van der Waals surface area contributed by atoms with E-state index in [-0.39, 0.29) is 18.1 Å². The van der Waals surface area contributed by atoms with Crippen molar-refractivity contribution < 1.29 is 9.53 Å². The third kappa shape index (κ3) is 3.10. The molecule has 0 radical (unpaired) electrons. The van der Waals surface area contributed by atoms with Crippen LogP contribution in [0, 0.1) is 0 Å². The standard InChI is InChI=1S/C19H17N3O3/c23-18(20-13-5-2-1-3-6-13)12-25-14-8-9-16-15(11-14)19(24)22-10-4-7-17(22)21-16/h1-3,5-6,8-9,11H,4,7,10,12H2,(H,20,23). The lowest BCUT2D eigenvalue weighted by Gasteiger charge is -2.09. The molecule has 4 rings (SSSR count). The molecule has 6 nitrogen and oxygen atoms in total. The van der Waals surface area contributed by atoms with Gasteiger partial charge in [-0.15, -0.1) is 0 Å². The summed E-state index contributed by atoms with van der Waals surface area (Å²) in [5.74, 6) is 1.07. The normalized spacial score (nSPS) is 12.8. The molecule has 0 spiro atoms. The number of fused-ring (bicyclic) bond motifs is 2. The molecule has 0 saturated heterocycles. The highest BCUT2D eigenvalue weighted by atomic mass is 16.5. The predicted molar refractivity (Wildman–Crippen MR) is 94.9 cm³/mol. The number of ether oxygens (including phenoxy) is 1. The minimum absolute atomic E-state index is 0.0447. The van der Waals surface area contributed by atoms with Crippen LogP contribution >= 0.6 is 0 Å². The lowest BCUT2D eigenvalue weighted by atomic mass is 10.2. The van der Waals surface area contributed by atoms with E-state index in [0.29, 0.717) is 28.9 Å². The van der Waals surface area contributed by atoms with Crippen molar-refractivity contribution in [2.45, 2.75) is 19.4 Å². The summed E-state index contributed by atoms with van der Waals surface area (Å²) in [6.07, 6.45) is 1.78. The van der Waals surface area contributed by atoms with Gasteiger partial charge in [-0.25, -0.2) is 4.98 Å². The number of nitrogens with zero attached hydrogens (tertiary/aromatic N) is 2. The zero-order valence-corrected chi connectivity index (χ0v) is 13.6. The van der Waals surface area contributed by atoms with Gasteiger partial charge in [-0.3, -0.25) is 14.2 Å². The van der Waals surface area contributed by atoms with Crippen LogP contribution in [0.1, 0.15) is 12.2 Å². The SMILES string of the molecule is O=C(COc1ccc2nc3n(c(=O)c2c1)CCC3)Nc1ccccc1. The molecule has 3 aromatic rings. The Balaban J connectivity index is 1.50. The van der Waals surface area contributed by atoms with Gasteiger partial charge in [-0.05, 0) is 36.8 Å². The van der Waals surface area contributed by atoms with Crippen molar-refractivity contribution in [2.24, 2.45) is 0 Å². The summed E-state index contributed by atoms with van der Waals surface area (Å²) in [5, 5.41) is 3.27. The maximum Gasteiger partial charge on any atom is 0.262 e. The molecule has 1 amide bonds. The number of hydrogen-bond acceptors (Lipinski definition) is 4. The smallest absolute Gasteiger partial charge is 0.262 e. The number of carbonyl (C=O) groups is 1. The van der Waals surface area contributed by atoms with Gasteiger partial charge in [-0.2, -0.15) is 0 Å². The number of anilines is 1. The Morgan fingerprint density at radius 2 is 2.04 bits per heavy atom. The van der Waals surface area contributed by atoms with Gasteiger partial charge in [0.05, 0.1) is 10.9 Å². The van der Waals surface area contributed by atoms with E-state index in [1.54, 1.807) is 34.9 Å². The summed E-state index contributed by atoms with van der Waals surface area (Å²) in [7, 11) is 0. The molecular formula is C19H17N3O3. The van der Waals surface area contributed by atoms with E-state index < -0.39 is 0 Å². The molecule has 2 heterocycles.